The molecule has 2 aromatic carbocycles. The van der Waals surface area contributed by atoms with E-state index in [0.29, 0.717) is 25.9 Å². The first-order valence-electron chi connectivity index (χ1n) is 7.04. The van der Waals surface area contributed by atoms with Crippen molar-refractivity contribution in [3.63, 3.8) is 0 Å². The Kier molecular flexibility index (Phi) is 6.33. The molecule has 0 aliphatic carbocycles. The molecule has 0 fully saturated rings. The number of ether oxygens (including phenoxy) is 1. The van der Waals surface area contributed by atoms with Crippen LogP contribution in [0.3, 0.4) is 0 Å². The molecule has 0 radical (unpaired) electrons. The highest BCUT2D eigenvalue weighted by Crippen LogP contribution is 2.34. The lowest BCUT2D eigenvalue weighted by atomic mass is 10.1. The van der Waals surface area contributed by atoms with Gasteiger partial charge in [-0.2, -0.15) is 0 Å². The molecule has 0 aliphatic heterocycles. The summed E-state index contributed by atoms with van der Waals surface area (Å²) in [6.45, 7) is 1.16. The first kappa shape index (κ1) is 19.1. The number of halogens is 2. The number of carboxylic acids is 1. The van der Waals surface area contributed by atoms with E-state index in [2.05, 4.69) is 37.2 Å². The van der Waals surface area contributed by atoms with Crippen LogP contribution in [0.4, 0.5) is 5.69 Å². The lowest BCUT2D eigenvalue weighted by Gasteiger charge is -2.12. The average molecular weight is 471 g/mol. The minimum absolute atomic E-state index is 0.0802. The van der Waals surface area contributed by atoms with Crippen molar-refractivity contribution in [3.05, 3.63) is 56.5 Å². The summed E-state index contributed by atoms with van der Waals surface area (Å²) >= 11 is 6.44. The topological polar surface area (TPSA) is 92.7 Å². The summed E-state index contributed by atoms with van der Waals surface area (Å²) in [5.41, 5.74) is 1.06. The van der Waals surface area contributed by atoms with Crippen molar-refractivity contribution in [2.75, 3.05) is 11.9 Å². The SMILES string of the molecule is CC(=O)c1cccc(NC(=O)COc2c(Br)cc(C(=O)O)cc2Br)c1. The summed E-state index contributed by atoms with van der Waals surface area (Å²) in [7, 11) is 0. The second-order valence-electron chi connectivity index (χ2n) is 5.05. The van der Waals surface area contributed by atoms with Crippen molar-refractivity contribution in [1.82, 2.24) is 0 Å². The van der Waals surface area contributed by atoms with E-state index in [1.54, 1.807) is 24.3 Å². The smallest absolute Gasteiger partial charge is 0.335 e. The van der Waals surface area contributed by atoms with Crippen LogP contribution in [0.2, 0.25) is 0 Å². The zero-order valence-corrected chi connectivity index (χ0v) is 16.2. The molecule has 0 aliphatic rings. The number of rotatable bonds is 6. The number of hydrogen-bond acceptors (Lipinski definition) is 4. The highest BCUT2D eigenvalue weighted by atomic mass is 79.9. The molecule has 130 valence electrons. The summed E-state index contributed by atoms with van der Waals surface area (Å²) < 4.78 is 6.26. The number of aromatic carboxylic acids is 1. The molecule has 0 saturated heterocycles. The van der Waals surface area contributed by atoms with E-state index < -0.39 is 11.9 Å². The van der Waals surface area contributed by atoms with Gasteiger partial charge in [0.1, 0.15) is 5.75 Å². The Morgan fingerprint density at radius 3 is 2.28 bits per heavy atom. The molecule has 1 amide bonds. The van der Waals surface area contributed by atoms with E-state index in [9.17, 15) is 14.4 Å². The van der Waals surface area contributed by atoms with Gasteiger partial charge in [0.25, 0.3) is 5.91 Å². The number of benzene rings is 2. The number of ketones is 1. The molecular weight excluding hydrogens is 458 g/mol. The van der Waals surface area contributed by atoms with E-state index in [0.717, 1.165) is 0 Å². The normalized spacial score (nSPS) is 10.2. The van der Waals surface area contributed by atoms with Crippen molar-refractivity contribution in [2.24, 2.45) is 0 Å². The molecule has 25 heavy (non-hydrogen) atoms. The molecule has 0 spiro atoms. The second kappa shape index (κ2) is 8.26. The average Bonchev–Trinajstić information content (AvgIpc) is 2.54. The van der Waals surface area contributed by atoms with Gasteiger partial charge in [-0.15, -0.1) is 0 Å². The van der Waals surface area contributed by atoms with Crippen molar-refractivity contribution in [2.45, 2.75) is 6.92 Å². The predicted octanol–water partition coefficient (Wildman–Crippen LogP) is 4.13. The zero-order chi connectivity index (χ0) is 18.6. The number of carbonyl (C=O) groups excluding carboxylic acids is 2. The largest absolute Gasteiger partial charge is 0.481 e. The van der Waals surface area contributed by atoms with E-state index in [4.69, 9.17) is 9.84 Å². The molecule has 2 N–H and O–H groups in total. The van der Waals surface area contributed by atoms with Gasteiger partial charge in [-0.3, -0.25) is 9.59 Å². The molecule has 2 aromatic rings. The molecule has 0 bridgehead atoms. The Morgan fingerprint density at radius 2 is 1.72 bits per heavy atom. The maximum absolute atomic E-state index is 12.0. The number of Topliss-reactive ketones (excluding diaryl/α,β-unsaturated/α-hetero) is 1. The Balaban J connectivity index is 2.04. The lowest BCUT2D eigenvalue weighted by molar-refractivity contribution is -0.118. The van der Waals surface area contributed by atoms with Crippen LogP contribution in [0, 0.1) is 0 Å². The van der Waals surface area contributed by atoms with Crippen LogP contribution in [-0.4, -0.2) is 29.4 Å². The van der Waals surface area contributed by atoms with Crippen LogP contribution in [0.15, 0.2) is 45.3 Å². The van der Waals surface area contributed by atoms with Crippen molar-refractivity contribution in [3.8, 4) is 5.75 Å². The van der Waals surface area contributed by atoms with Gasteiger partial charge in [0.05, 0.1) is 14.5 Å². The first-order valence-corrected chi connectivity index (χ1v) is 8.62. The minimum atomic E-state index is -1.07. The van der Waals surface area contributed by atoms with E-state index in [1.807, 2.05) is 0 Å². The number of carboxylic acid groups (broad SMARTS) is 1. The Bertz CT molecular complexity index is 828. The third kappa shape index (κ3) is 5.14. The molecular formula is C17H13Br2NO5. The lowest BCUT2D eigenvalue weighted by Crippen LogP contribution is -2.20. The van der Waals surface area contributed by atoms with E-state index in [1.165, 1.54) is 19.1 Å². The van der Waals surface area contributed by atoms with Gasteiger partial charge < -0.3 is 15.2 Å². The molecule has 0 heterocycles. The van der Waals surface area contributed by atoms with Gasteiger partial charge in [0.15, 0.2) is 12.4 Å². The number of anilines is 1. The molecule has 8 heteroatoms. The highest BCUT2D eigenvalue weighted by molar-refractivity contribution is 9.11. The Hall–Kier alpha value is -2.19. The van der Waals surface area contributed by atoms with Crippen molar-refractivity contribution < 1.29 is 24.2 Å². The van der Waals surface area contributed by atoms with Crippen LogP contribution in [0.1, 0.15) is 27.6 Å². The van der Waals surface area contributed by atoms with Gasteiger partial charge in [-0.05, 0) is 63.0 Å². The molecule has 0 unspecified atom stereocenters. The van der Waals surface area contributed by atoms with Crippen LogP contribution >= 0.6 is 31.9 Å². The van der Waals surface area contributed by atoms with E-state index in [-0.39, 0.29) is 18.0 Å². The molecule has 0 atom stereocenters. The standard InChI is InChI=1S/C17H13Br2NO5/c1-9(21)10-3-2-4-12(5-10)20-15(22)8-25-16-13(18)6-11(17(23)24)7-14(16)19/h2-7H,8H2,1H3,(H,20,22)(H,23,24). The molecule has 0 saturated carbocycles. The molecule has 2 rings (SSSR count). The Labute approximate surface area is 160 Å². The Morgan fingerprint density at radius 1 is 1.08 bits per heavy atom. The summed E-state index contributed by atoms with van der Waals surface area (Å²) in [4.78, 5) is 34.4. The summed E-state index contributed by atoms with van der Waals surface area (Å²) in [6.07, 6.45) is 0. The van der Waals surface area contributed by atoms with Crippen LogP contribution < -0.4 is 10.1 Å². The maximum Gasteiger partial charge on any atom is 0.335 e. The van der Waals surface area contributed by atoms with Gasteiger partial charge >= 0.3 is 5.97 Å². The van der Waals surface area contributed by atoms with Gasteiger partial charge in [0, 0.05) is 11.3 Å². The van der Waals surface area contributed by atoms with E-state index >= 15 is 0 Å². The fourth-order valence-electron chi connectivity index (χ4n) is 1.97. The summed E-state index contributed by atoms with van der Waals surface area (Å²) in [5, 5.41) is 11.6. The van der Waals surface area contributed by atoms with Crippen molar-refractivity contribution in [1.29, 1.82) is 0 Å². The summed E-state index contributed by atoms with van der Waals surface area (Å²) in [6, 6.07) is 9.34. The third-order valence-electron chi connectivity index (χ3n) is 3.15. The second-order valence-corrected chi connectivity index (χ2v) is 6.76. The maximum atomic E-state index is 12.0. The number of hydrogen-bond donors (Lipinski definition) is 2. The third-order valence-corrected chi connectivity index (χ3v) is 4.32. The predicted molar refractivity (Wildman–Crippen MR) is 99.4 cm³/mol. The number of amides is 1. The van der Waals surface area contributed by atoms with Crippen LogP contribution in [0.25, 0.3) is 0 Å². The van der Waals surface area contributed by atoms with Crippen LogP contribution in [-0.2, 0) is 4.79 Å². The zero-order valence-electron chi connectivity index (χ0n) is 13.0. The van der Waals surface area contributed by atoms with Gasteiger partial charge in [0.2, 0.25) is 0 Å². The number of carbonyl (C=O) groups is 3. The fraction of sp³-hybridized carbons (Fsp3) is 0.118. The molecule has 0 aromatic heterocycles. The minimum Gasteiger partial charge on any atom is -0.481 e. The fourth-order valence-corrected chi connectivity index (χ4v) is 3.39. The summed E-state index contributed by atoms with van der Waals surface area (Å²) in [5.74, 6) is -1.27. The van der Waals surface area contributed by atoms with Gasteiger partial charge in [-0.25, -0.2) is 4.79 Å². The van der Waals surface area contributed by atoms with Crippen LogP contribution in [0.5, 0.6) is 5.75 Å². The first-order chi connectivity index (χ1) is 11.8. The number of nitrogens with one attached hydrogen (secondary N) is 1. The highest BCUT2D eigenvalue weighted by Gasteiger charge is 2.14. The van der Waals surface area contributed by atoms with Gasteiger partial charge in [-0.1, -0.05) is 12.1 Å². The quantitative estimate of drug-likeness (QED) is 0.619. The monoisotopic (exact) mass is 469 g/mol. The molecule has 6 nitrogen and oxygen atoms in total. The van der Waals surface area contributed by atoms with Crippen molar-refractivity contribution >= 4 is 55.2 Å².